The van der Waals surface area contributed by atoms with Gasteiger partial charge in [0.25, 0.3) is 0 Å². The highest BCUT2D eigenvalue weighted by Crippen LogP contribution is 2.11. The summed E-state index contributed by atoms with van der Waals surface area (Å²) in [4.78, 5) is 30.7. The number of nitrogens with zero attached hydrogens (tertiary/aromatic N) is 2. The van der Waals surface area contributed by atoms with E-state index in [0.717, 1.165) is 5.82 Å². The van der Waals surface area contributed by atoms with Gasteiger partial charge < -0.3 is 14.7 Å². The molecule has 0 aliphatic carbocycles. The zero-order valence-corrected chi connectivity index (χ0v) is 11.2. The Balaban J connectivity index is 1.63. The summed E-state index contributed by atoms with van der Waals surface area (Å²) < 4.78 is 6.39. The number of para-hydroxylation sites is 2. The van der Waals surface area contributed by atoms with Crippen LogP contribution in [0.4, 0.5) is 0 Å². The minimum Gasteiger partial charge on any atom is -0.408 e. The minimum absolute atomic E-state index is 0.0615. The topological polar surface area (TPSA) is 92.9 Å². The lowest BCUT2D eigenvalue weighted by Crippen LogP contribution is -2.32. The SMILES string of the molecule is O=C(Cn1c(=O)oc2ccccc21)NCCc1ncc[nH]1. The molecule has 2 heterocycles. The molecule has 0 spiro atoms. The largest absolute Gasteiger partial charge is 0.420 e. The summed E-state index contributed by atoms with van der Waals surface area (Å²) in [7, 11) is 0. The molecule has 0 atom stereocenters. The molecule has 0 aliphatic heterocycles. The number of fused-ring (bicyclic) bond motifs is 1. The van der Waals surface area contributed by atoms with Crippen LogP contribution in [0, 0.1) is 0 Å². The van der Waals surface area contributed by atoms with Crippen molar-refractivity contribution in [3.8, 4) is 0 Å². The van der Waals surface area contributed by atoms with E-state index in [1.54, 1.807) is 36.7 Å². The predicted octanol–water partition coefficient (Wildman–Crippen LogP) is 0.676. The molecule has 3 rings (SSSR count). The molecule has 3 aromatic rings. The molecule has 0 unspecified atom stereocenters. The van der Waals surface area contributed by atoms with E-state index in [-0.39, 0.29) is 12.5 Å². The van der Waals surface area contributed by atoms with E-state index in [1.807, 2.05) is 0 Å². The summed E-state index contributed by atoms with van der Waals surface area (Å²) in [6, 6.07) is 7.01. The van der Waals surface area contributed by atoms with E-state index in [9.17, 15) is 9.59 Å². The van der Waals surface area contributed by atoms with Crippen LogP contribution in [0.15, 0.2) is 45.9 Å². The average molecular weight is 286 g/mol. The second kappa shape index (κ2) is 5.66. The molecule has 21 heavy (non-hydrogen) atoms. The lowest BCUT2D eigenvalue weighted by molar-refractivity contribution is -0.121. The fraction of sp³-hybridized carbons (Fsp3) is 0.214. The highest BCUT2D eigenvalue weighted by atomic mass is 16.4. The third kappa shape index (κ3) is 2.86. The van der Waals surface area contributed by atoms with Crippen molar-refractivity contribution in [2.45, 2.75) is 13.0 Å². The Labute approximate surface area is 119 Å². The first-order chi connectivity index (χ1) is 10.2. The van der Waals surface area contributed by atoms with Gasteiger partial charge in [0.1, 0.15) is 12.4 Å². The Morgan fingerprint density at radius 1 is 1.38 bits per heavy atom. The van der Waals surface area contributed by atoms with Crippen molar-refractivity contribution in [2.24, 2.45) is 0 Å². The van der Waals surface area contributed by atoms with E-state index in [0.29, 0.717) is 24.1 Å². The summed E-state index contributed by atoms with van der Waals surface area (Å²) >= 11 is 0. The van der Waals surface area contributed by atoms with E-state index < -0.39 is 5.76 Å². The summed E-state index contributed by atoms with van der Waals surface area (Å²) in [5.41, 5.74) is 1.09. The van der Waals surface area contributed by atoms with Gasteiger partial charge in [-0.2, -0.15) is 0 Å². The molecule has 7 heteroatoms. The van der Waals surface area contributed by atoms with Crippen molar-refractivity contribution in [1.29, 1.82) is 0 Å². The Hall–Kier alpha value is -2.83. The number of oxazole rings is 1. The van der Waals surface area contributed by atoms with E-state index >= 15 is 0 Å². The minimum atomic E-state index is -0.530. The van der Waals surface area contributed by atoms with Gasteiger partial charge in [-0.1, -0.05) is 12.1 Å². The number of imidazole rings is 1. The van der Waals surface area contributed by atoms with Crippen molar-refractivity contribution in [2.75, 3.05) is 6.54 Å². The molecule has 1 amide bonds. The van der Waals surface area contributed by atoms with Crippen molar-refractivity contribution in [3.05, 3.63) is 53.0 Å². The Bertz CT molecular complexity index is 801. The summed E-state index contributed by atoms with van der Waals surface area (Å²) in [6.07, 6.45) is 4.00. The first-order valence-electron chi connectivity index (χ1n) is 6.57. The smallest absolute Gasteiger partial charge is 0.408 e. The number of amides is 1. The maximum Gasteiger partial charge on any atom is 0.420 e. The first-order valence-corrected chi connectivity index (χ1v) is 6.57. The average Bonchev–Trinajstić information content (AvgIpc) is 3.08. The number of aromatic amines is 1. The van der Waals surface area contributed by atoms with Gasteiger partial charge in [-0.15, -0.1) is 0 Å². The molecular formula is C14H14N4O3. The van der Waals surface area contributed by atoms with Crippen LogP contribution >= 0.6 is 0 Å². The molecule has 0 radical (unpaired) electrons. The van der Waals surface area contributed by atoms with Crippen molar-refractivity contribution in [3.63, 3.8) is 0 Å². The number of benzene rings is 1. The molecular weight excluding hydrogens is 272 g/mol. The normalized spacial score (nSPS) is 10.9. The van der Waals surface area contributed by atoms with Crippen LogP contribution in [0.5, 0.6) is 0 Å². The van der Waals surface area contributed by atoms with Gasteiger partial charge in [-0.25, -0.2) is 9.78 Å². The number of carbonyl (C=O) groups is 1. The van der Waals surface area contributed by atoms with Crippen LogP contribution in [0.1, 0.15) is 5.82 Å². The number of nitrogens with one attached hydrogen (secondary N) is 2. The van der Waals surface area contributed by atoms with Crippen LogP contribution in [0.3, 0.4) is 0 Å². The van der Waals surface area contributed by atoms with Gasteiger partial charge >= 0.3 is 5.76 Å². The van der Waals surface area contributed by atoms with E-state index in [1.165, 1.54) is 4.57 Å². The number of H-pyrrole nitrogens is 1. The molecule has 0 saturated carbocycles. The second-order valence-corrected chi connectivity index (χ2v) is 4.56. The van der Waals surface area contributed by atoms with E-state index in [4.69, 9.17) is 4.42 Å². The monoisotopic (exact) mass is 286 g/mol. The number of carbonyl (C=O) groups excluding carboxylic acids is 1. The Morgan fingerprint density at radius 3 is 3.05 bits per heavy atom. The molecule has 0 fully saturated rings. The zero-order valence-electron chi connectivity index (χ0n) is 11.2. The van der Waals surface area contributed by atoms with Crippen LogP contribution in [0.2, 0.25) is 0 Å². The number of hydrogen-bond acceptors (Lipinski definition) is 4. The lowest BCUT2D eigenvalue weighted by atomic mass is 10.3. The molecule has 0 bridgehead atoms. The summed E-state index contributed by atoms with van der Waals surface area (Å²) in [6.45, 7) is 0.394. The lowest BCUT2D eigenvalue weighted by Gasteiger charge is -2.04. The highest BCUT2D eigenvalue weighted by Gasteiger charge is 2.11. The third-order valence-corrected chi connectivity index (χ3v) is 3.11. The van der Waals surface area contributed by atoms with Crippen molar-refractivity contribution in [1.82, 2.24) is 19.9 Å². The quantitative estimate of drug-likeness (QED) is 0.721. The van der Waals surface area contributed by atoms with Crippen molar-refractivity contribution < 1.29 is 9.21 Å². The maximum atomic E-state index is 11.9. The molecule has 1 aromatic carbocycles. The van der Waals surface area contributed by atoms with Gasteiger partial charge in [0.15, 0.2) is 5.58 Å². The van der Waals surface area contributed by atoms with Gasteiger partial charge in [-0.3, -0.25) is 9.36 Å². The van der Waals surface area contributed by atoms with E-state index in [2.05, 4.69) is 15.3 Å². The van der Waals surface area contributed by atoms with Gasteiger partial charge in [0.05, 0.1) is 5.52 Å². The highest BCUT2D eigenvalue weighted by molar-refractivity contribution is 5.79. The van der Waals surface area contributed by atoms with Crippen LogP contribution < -0.4 is 11.1 Å². The van der Waals surface area contributed by atoms with Gasteiger partial charge in [0.2, 0.25) is 5.91 Å². The summed E-state index contributed by atoms with van der Waals surface area (Å²) in [5, 5.41) is 2.75. The van der Waals surface area contributed by atoms with Crippen molar-refractivity contribution >= 4 is 17.0 Å². The molecule has 0 saturated heterocycles. The molecule has 2 N–H and O–H groups in total. The molecule has 7 nitrogen and oxygen atoms in total. The van der Waals surface area contributed by atoms with Crippen LogP contribution in [-0.2, 0) is 17.8 Å². The van der Waals surface area contributed by atoms with Crippen LogP contribution in [0.25, 0.3) is 11.1 Å². The Kier molecular flexibility index (Phi) is 3.55. The number of rotatable bonds is 5. The predicted molar refractivity (Wildman–Crippen MR) is 75.8 cm³/mol. The fourth-order valence-corrected chi connectivity index (χ4v) is 2.12. The number of hydrogen-bond donors (Lipinski definition) is 2. The second-order valence-electron chi connectivity index (χ2n) is 4.56. The summed E-state index contributed by atoms with van der Waals surface area (Å²) in [5.74, 6) is 0.0359. The maximum absolute atomic E-state index is 11.9. The third-order valence-electron chi connectivity index (χ3n) is 3.11. The first kappa shape index (κ1) is 13.2. The Morgan fingerprint density at radius 2 is 2.24 bits per heavy atom. The molecule has 108 valence electrons. The van der Waals surface area contributed by atoms with Gasteiger partial charge in [0, 0.05) is 25.4 Å². The fourth-order valence-electron chi connectivity index (χ4n) is 2.12. The van der Waals surface area contributed by atoms with Crippen LogP contribution in [-0.4, -0.2) is 27.0 Å². The van der Waals surface area contributed by atoms with Gasteiger partial charge in [-0.05, 0) is 12.1 Å². The molecule has 2 aromatic heterocycles. The number of aromatic nitrogens is 3. The zero-order chi connectivity index (χ0) is 14.7. The molecule has 0 aliphatic rings. The standard InChI is InChI=1S/C14H14N4O3/c19-13(17-6-5-12-15-7-8-16-12)9-18-10-3-1-2-4-11(10)21-14(18)20/h1-4,7-8H,5-6,9H2,(H,15,16)(H,17,19).